The number of rotatable bonds is 7. The molecule has 0 radical (unpaired) electrons. The molecule has 34 heavy (non-hydrogen) atoms. The van der Waals surface area contributed by atoms with Crippen molar-refractivity contribution in [1.82, 2.24) is 4.90 Å². The quantitative estimate of drug-likeness (QED) is 0.590. The van der Waals surface area contributed by atoms with Crippen LogP contribution in [0.5, 0.6) is 34.5 Å². The topological polar surface area (TPSA) is 97.7 Å². The van der Waals surface area contributed by atoms with Crippen LogP contribution in [0.2, 0.25) is 0 Å². The Labute approximate surface area is 199 Å². The van der Waals surface area contributed by atoms with Gasteiger partial charge in [-0.15, -0.1) is 0 Å². The number of benzene rings is 2. The first-order valence-corrected chi connectivity index (χ1v) is 10.8. The largest absolute Gasteiger partial charge is 0.502 e. The van der Waals surface area contributed by atoms with Gasteiger partial charge in [0.1, 0.15) is 0 Å². The number of phenols is 2. The van der Waals surface area contributed by atoms with Crippen molar-refractivity contribution < 1.29 is 34.0 Å². The van der Waals surface area contributed by atoms with Crippen LogP contribution < -0.4 is 18.9 Å². The summed E-state index contributed by atoms with van der Waals surface area (Å²) < 4.78 is 21.0. The summed E-state index contributed by atoms with van der Waals surface area (Å²) in [7, 11) is 5.83. The van der Waals surface area contributed by atoms with Crippen molar-refractivity contribution in [1.29, 1.82) is 0 Å². The minimum absolute atomic E-state index is 0.0890. The average Bonchev–Trinajstić information content (AvgIpc) is 2.82. The monoisotopic (exact) mass is 469 g/mol. The van der Waals surface area contributed by atoms with Crippen LogP contribution in [-0.4, -0.2) is 68.5 Å². The first kappa shape index (κ1) is 25.0. The van der Waals surface area contributed by atoms with E-state index in [0.717, 1.165) is 0 Å². The predicted octanol–water partition coefficient (Wildman–Crippen LogP) is 3.89. The minimum atomic E-state index is -0.0956. The Balaban J connectivity index is 2.08. The van der Waals surface area contributed by atoms with Crippen LogP contribution in [0.1, 0.15) is 25.0 Å². The van der Waals surface area contributed by atoms with Crippen LogP contribution in [0, 0.1) is 0 Å². The maximum Gasteiger partial charge on any atom is 0.200 e. The zero-order valence-corrected chi connectivity index (χ0v) is 20.3. The maximum atomic E-state index is 13.5. The summed E-state index contributed by atoms with van der Waals surface area (Å²) in [5, 5.41) is 20.4. The van der Waals surface area contributed by atoms with Gasteiger partial charge in [-0.2, -0.15) is 0 Å². The van der Waals surface area contributed by atoms with Crippen molar-refractivity contribution in [2.24, 2.45) is 0 Å². The summed E-state index contributed by atoms with van der Waals surface area (Å²) in [6.07, 6.45) is 3.57. The first-order chi connectivity index (χ1) is 16.2. The van der Waals surface area contributed by atoms with Crippen molar-refractivity contribution in [2.75, 3.05) is 41.5 Å². The number of hydrogen-bond acceptors (Lipinski definition) is 8. The fraction of sp³-hybridized carbons (Fsp3) is 0.346. The third-order valence-electron chi connectivity index (χ3n) is 5.75. The number of ketones is 1. The Kier molecular flexibility index (Phi) is 7.73. The molecular weight excluding hydrogens is 438 g/mol. The second-order valence-corrected chi connectivity index (χ2v) is 8.22. The zero-order valence-electron chi connectivity index (χ0n) is 20.3. The molecule has 182 valence electrons. The molecule has 3 rings (SSSR count). The lowest BCUT2D eigenvalue weighted by atomic mass is 9.93. The van der Waals surface area contributed by atoms with Gasteiger partial charge in [0, 0.05) is 30.3 Å². The highest BCUT2D eigenvalue weighted by atomic mass is 16.5. The third-order valence-corrected chi connectivity index (χ3v) is 5.75. The molecule has 1 fully saturated rings. The molecule has 0 aromatic heterocycles. The van der Waals surface area contributed by atoms with Crippen molar-refractivity contribution >= 4 is 17.9 Å². The van der Waals surface area contributed by atoms with Gasteiger partial charge in [0.2, 0.25) is 11.5 Å². The van der Waals surface area contributed by atoms with E-state index >= 15 is 0 Å². The van der Waals surface area contributed by atoms with Gasteiger partial charge in [0.25, 0.3) is 0 Å². The maximum absolute atomic E-state index is 13.5. The van der Waals surface area contributed by atoms with Gasteiger partial charge in [0.05, 0.1) is 28.4 Å². The normalized spacial score (nSPS) is 16.9. The predicted molar refractivity (Wildman–Crippen MR) is 130 cm³/mol. The second-order valence-electron chi connectivity index (χ2n) is 8.22. The van der Waals surface area contributed by atoms with Crippen LogP contribution in [0.15, 0.2) is 35.4 Å². The molecule has 1 aliphatic heterocycles. The lowest BCUT2D eigenvalue weighted by Gasteiger charge is -2.33. The lowest BCUT2D eigenvalue weighted by molar-refractivity contribution is -0.113. The molecule has 0 amide bonds. The summed E-state index contributed by atoms with van der Waals surface area (Å²) in [5.74, 6) is 0.754. The molecule has 8 nitrogen and oxygen atoms in total. The Morgan fingerprint density at radius 1 is 0.735 bits per heavy atom. The molecule has 8 heteroatoms. The fourth-order valence-corrected chi connectivity index (χ4v) is 3.83. The summed E-state index contributed by atoms with van der Waals surface area (Å²) in [4.78, 5) is 15.7. The van der Waals surface area contributed by atoms with Crippen LogP contribution >= 0.6 is 0 Å². The average molecular weight is 470 g/mol. The molecule has 2 aromatic carbocycles. The van der Waals surface area contributed by atoms with Gasteiger partial charge in [-0.3, -0.25) is 9.69 Å². The van der Waals surface area contributed by atoms with E-state index in [1.54, 1.807) is 36.4 Å². The van der Waals surface area contributed by atoms with Crippen molar-refractivity contribution in [3.8, 4) is 34.5 Å². The van der Waals surface area contributed by atoms with Gasteiger partial charge >= 0.3 is 0 Å². The SMILES string of the molecule is COc1cc(/C=C2\CN(C(C)C)C/C(=C\c3cc(OC)c(O)c(OC)c3)C2=O)cc(OC)c1O. The Hall–Kier alpha value is -3.65. The van der Waals surface area contributed by atoms with E-state index in [4.69, 9.17) is 18.9 Å². The number of Topliss-reactive ketones (excluding diaryl/α,β-unsaturated/α-hetero) is 1. The Bertz CT molecular complexity index is 1000. The number of carbonyl (C=O) groups is 1. The van der Waals surface area contributed by atoms with E-state index in [1.807, 2.05) is 0 Å². The number of piperidine rings is 1. The van der Waals surface area contributed by atoms with Crippen LogP contribution in [0.3, 0.4) is 0 Å². The smallest absolute Gasteiger partial charge is 0.200 e. The summed E-state index contributed by atoms with van der Waals surface area (Å²) in [6.45, 7) is 5.09. The van der Waals surface area contributed by atoms with Gasteiger partial charge < -0.3 is 29.2 Å². The van der Waals surface area contributed by atoms with Crippen molar-refractivity contribution in [3.63, 3.8) is 0 Å². The molecule has 1 aliphatic rings. The number of phenolic OH excluding ortho intramolecular Hbond substituents is 2. The van der Waals surface area contributed by atoms with Crippen LogP contribution in [-0.2, 0) is 4.79 Å². The zero-order chi connectivity index (χ0) is 25.0. The Morgan fingerprint density at radius 2 is 1.06 bits per heavy atom. The van der Waals surface area contributed by atoms with E-state index in [0.29, 0.717) is 35.4 Å². The molecule has 0 atom stereocenters. The summed E-state index contributed by atoms with van der Waals surface area (Å²) >= 11 is 0. The van der Waals surface area contributed by atoms with Gasteiger partial charge in [0.15, 0.2) is 28.8 Å². The van der Waals surface area contributed by atoms with Crippen LogP contribution in [0.25, 0.3) is 12.2 Å². The molecule has 0 spiro atoms. The van der Waals surface area contributed by atoms with Crippen LogP contribution in [0.4, 0.5) is 0 Å². The molecule has 0 aliphatic carbocycles. The van der Waals surface area contributed by atoms with E-state index < -0.39 is 0 Å². The summed E-state index contributed by atoms with van der Waals surface area (Å²) in [6, 6.07) is 6.83. The highest BCUT2D eigenvalue weighted by molar-refractivity contribution is 6.14. The molecule has 0 saturated carbocycles. The second kappa shape index (κ2) is 10.5. The number of likely N-dealkylation sites (tertiary alicyclic amines) is 1. The molecule has 1 saturated heterocycles. The lowest BCUT2D eigenvalue weighted by Crippen LogP contribution is -2.41. The van der Waals surface area contributed by atoms with E-state index in [1.165, 1.54) is 28.4 Å². The molecule has 1 heterocycles. The van der Waals surface area contributed by atoms with Gasteiger partial charge in [-0.05, 0) is 61.4 Å². The fourth-order valence-electron chi connectivity index (χ4n) is 3.83. The standard InChI is InChI=1S/C26H31NO7/c1-15(2)27-13-18(7-16-9-20(31-3)25(29)21(10-16)32-4)24(28)19(14-27)8-17-11-22(33-5)26(30)23(12-17)34-6/h7-12,15,29-30H,13-14H2,1-6H3/b18-7+,19-8+. The van der Waals surface area contributed by atoms with Crippen molar-refractivity contribution in [2.45, 2.75) is 19.9 Å². The van der Waals surface area contributed by atoms with E-state index in [9.17, 15) is 15.0 Å². The number of hydrogen-bond donors (Lipinski definition) is 2. The highest BCUT2D eigenvalue weighted by Crippen LogP contribution is 2.39. The number of carbonyl (C=O) groups excluding carboxylic acids is 1. The Morgan fingerprint density at radius 3 is 1.32 bits per heavy atom. The molecular formula is C26H31NO7. The molecule has 0 unspecified atom stereocenters. The molecule has 0 bridgehead atoms. The first-order valence-electron chi connectivity index (χ1n) is 10.8. The minimum Gasteiger partial charge on any atom is -0.502 e. The van der Waals surface area contributed by atoms with Crippen molar-refractivity contribution in [3.05, 3.63) is 46.5 Å². The third kappa shape index (κ3) is 5.12. The summed E-state index contributed by atoms with van der Waals surface area (Å²) in [5.41, 5.74) is 2.54. The number of aromatic hydroxyl groups is 2. The molecule has 2 N–H and O–H groups in total. The molecule has 2 aromatic rings. The van der Waals surface area contributed by atoms with Gasteiger partial charge in [-0.25, -0.2) is 0 Å². The highest BCUT2D eigenvalue weighted by Gasteiger charge is 2.28. The number of ether oxygens (including phenoxy) is 4. The van der Waals surface area contributed by atoms with Gasteiger partial charge in [-0.1, -0.05) is 0 Å². The number of nitrogens with zero attached hydrogens (tertiary/aromatic N) is 1. The number of methoxy groups -OCH3 is 4. The van der Waals surface area contributed by atoms with E-state index in [2.05, 4.69) is 18.7 Å². The van der Waals surface area contributed by atoms with E-state index in [-0.39, 0.29) is 46.3 Å².